The van der Waals surface area contributed by atoms with Crippen LogP contribution in [0.5, 0.6) is 0 Å². The van der Waals surface area contributed by atoms with E-state index in [4.69, 9.17) is 0 Å². The van der Waals surface area contributed by atoms with E-state index < -0.39 is 0 Å². The van der Waals surface area contributed by atoms with Crippen LogP contribution in [0.4, 0.5) is 9.18 Å². The summed E-state index contributed by atoms with van der Waals surface area (Å²) in [6.07, 6.45) is 1.72. The number of carbonyl (C=O) groups excluding carboxylic acids is 2. The van der Waals surface area contributed by atoms with E-state index in [0.717, 1.165) is 39.8 Å². The molecule has 1 aliphatic rings. The summed E-state index contributed by atoms with van der Waals surface area (Å²) < 4.78 is 16.1. The van der Waals surface area contributed by atoms with E-state index in [9.17, 15) is 14.0 Å². The maximum absolute atomic E-state index is 14.3. The van der Waals surface area contributed by atoms with Crippen molar-refractivity contribution in [1.82, 2.24) is 9.47 Å². The Hall–Kier alpha value is -3.12. The number of hydrogen-bond donors (Lipinski definition) is 0. The summed E-state index contributed by atoms with van der Waals surface area (Å²) in [6.45, 7) is 5.98. The number of amides is 2. The monoisotopic (exact) mass is 420 g/mol. The lowest BCUT2D eigenvalue weighted by atomic mass is 10.1. The van der Waals surface area contributed by atoms with E-state index in [0.29, 0.717) is 10.6 Å². The largest absolute Gasteiger partial charge is 0.315 e. The molecule has 0 saturated carbocycles. The zero-order chi connectivity index (χ0) is 21.4. The number of nitrogens with zero attached hydrogens (tertiary/aromatic N) is 2. The second-order valence-corrected chi connectivity index (χ2v) is 8.30. The molecule has 0 N–H and O–H groups in total. The van der Waals surface area contributed by atoms with Gasteiger partial charge in [0.25, 0.3) is 11.1 Å². The van der Waals surface area contributed by atoms with E-state index in [2.05, 4.69) is 0 Å². The van der Waals surface area contributed by atoms with Crippen LogP contribution < -0.4 is 0 Å². The van der Waals surface area contributed by atoms with Crippen molar-refractivity contribution in [2.75, 3.05) is 0 Å². The Labute approximate surface area is 179 Å². The molecule has 0 aliphatic carbocycles. The smallest absolute Gasteiger partial charge is 0.293 e. The van der Waals surface area contributed by atoms with Crippen LogP contribution in [0.2, 0.25) is 0 Å². The number of halogens is 1. The van der Waals surface area contributed by atoms with E-state index in [-0.39, 0.29) is 23.5 Å². The van der Waals surface area contributed by atoms with Gasteiger partial charge in [-0.05, 0) is 73.5 Å². The second-order valence-electron chi connectivity index (χ2n) is 7.31. The van der Waals surface area contributed by atoms with Crippen LogP contribution in [0, 0.1) is 26.6 Å². The molecule has 1 fully saturated rings. The lowest BCUT2D eigenvalue weighted by molar-refractivity contribution is -0.123. The summed E-state index contributed by atoms with van der Waals surface area (Å²) in [5, 5.41) is -0.280. The zero-order valence-electron chi connectivity index (χ0n) is 17.0. The summed E-state index contributed by atoms with van der Waals surface area (Å²) in [5.41, 5.74) is 4.89. The average molecular weight is 421 g/mol. The minimum Gasteiger partial charge on any atom is -0.315 e. The van der Waals surface area contributed by atoms with Gasteiger partial charge in [0.2, 0.25) is 0 Å². The normalized spacial score (nSPS) is 15.5. The van der Waals surface area contributed by atoms with Gasteiger partial charge in [-0.3, -0.25) is 14.5 Å². The Morgan fingerprint density at radius 1 is 1.00 bits per heavy atom. The number of aromatic nitrogens is 1. The van der Waals surface area contributed by atoms with Gasteiger partial charge in [0.1, 0.15) is 5.82 Å². The predicted octanol–water partition coefficient (Wildman–Crippen LogP) is 5.78. The molecule has 3 aromatic rings. The molecule has 2 aromatic carbocycles. The maximum Gasteiger partial charge on any atom is 0.293 e. The van der Waals surface area contributed by atoms with Crippen LogP contribution in [0.15, 0.2) is 59.5 Å². The number of carbonyl (C=O) groups is 2. The van der Waals surface area contributed by atoms with Gasteiger partial charge in [-0.15, -0.1) is 0 Å². The van der Waals surface area contributed by atoms with E-state index in [1.54, 1.807) is 24.3 Å². The highest BCUT2D eigenvalue weighted by molar-refractivity contribution is 8.18. The molecule has 0 radical (unpaired) electrons. The summed E-state index contributed by atoms with van der Waals surface area (Å²) in [4.78, 5) is 27.1. The summed E-state index contributed by atoms with van der Waals surface area (Å²) in [6, 6.07) is 16.2. The first-order valence-corrected chi connectivity index (χ1v) is 10.4. The number of rotatable bonds is 4. The lowest BCUT2D eigenvalue weighted by Gasteiger charge is -2.14. The van der Waals surface area contributed by atoms with Crippen molar-refractivity contribution in [2.24, 2.45) is 0 Å². The van der Waals surface area contributed by atoms with Gasteiger partial charge >= 0.3 is 0 Å². The van der Waals surface area contributed by atoms with E-state index in [1.807, 2.05) is 55.7 Å². The lowest BCUT2D eigenvalue weighted by Crippen LogP contribution is -2.27. The molecule has 2 amide bonds. The first-order chi connectivity index (χ1) is 14.4. The molecule has 1 aromatic heterocycles. The standard InChI is InChI=1S/C24H21FN2O2S/c1-15-8-4-5-9-18(15)14-26-23(28)22(30-24(26)29)13-19-12-16(2)27(17(19)3)21-11-7-6-10-20(21)25/h4-13H,14H2,1-3H3/b22-13-. The van der Waals surface area contributed by atoms with Gasteiger partial charge in [0, 0.05) is 11.4 Å². The quantitative estimate of drug-likeness (QED) is 0.503. The molecule has 152 valence electrons. The van der Waals surface area contributed by atoms with Crippen LogP contribution in [0.1, 0.15) is 28.1 Å². The van der Waals surface area contributed by atoms with Crippen LogP contribution in [-0.2, 0) is 11.3 Å². The first-order valence-electron chi connectivity index (χ1n) is 9.60. The third-order valence-electron chi connectivity index (χ3n) is 5.31. The fraction of sp³-hybridized carbons (Fsp3) is 0.167. The topological polar surface area (TPSA) is 42.3 Å². The number of hydrogen-bond acceptors (Lipinski definition) is 3. The van der Waals surface area contributed by atoms with Crippen molar-refractivity contribution in [1.29, 1.82) is 0 Å². The Balaban J connectivity index is 1.66. The van der Waals surface area contributed by atoms with Crippen molar-refractivity contribution in [3.05, 3.63) is 93.4 Å². The van der Waals surface area contributed by atoms with Gasteiger partial charge in [0.05, 0.1) is 17.1 Å². The summed E-state index contributed by atoms with van der Waals surface area (Å²) in [7, 11) is 0. The van der Waals surface area contributed by atoms with Crippen molar-refractivity contribution >= 4 is 29.0 Å². The highest BCUT2D eigenvalue weighted by atomic mass is 32.2. The van der Waals surface area contributed by atoms with Crippen molar-refractivity contribution in [3.63, 3.8) is 0 Å². The third-order valence-corrected chi connectivity index (χ3v) is 6.22. The number of aryl methyl sites for hydroxylation is 2. The number of thioether (sulfide) groups is 1. The highest BCUT2D eigenvalue weighted by Crippen LogP contribution is 2.35. The van der Waals surface area contributed by atoms with Crippen LogP contribution in [-0.4, -0.2) is 20.6 Å². The number of benzene rings is 2. The average Bonchev–Trinajstić information content (AvgIpc) is 3.14. The SMILES string of the molecule is Cc1ccccc1CN1C(=O)S/C(=C\c2cc(C)n(-c3ccccc3F)c2C)C1=O. The van der Waals surface area contributed by atoms with Crippen molar-refractivity contribution in [3.8, 4) is 5.69 Å². The van der Waals surface area contributed by atoms with Crippen molar-refractivity contribution in [2.45, 2.75) is 27.3 Å². The Bertz CT molecular complexity index is 1200. The minimum absolute atomic E-state index is 0.253. The maximum atomic E-state index is 14.3. The number of para-hydroxylation sites is 1. The van der Waals surface area contributed by atoms with E-state index >= 15 is 0 Å². The zero-order valence-corrected chi connectivity index (χ0v) is 17.8. The van der Waals surface area contributed by atoms with Crippen LogP contribution in [0.3, 0.4) is 0 Å². The van der Waals surface area contributed by atoms with Crippen molar-refractivity contribution < 1.29 is 14.0 Å². The molecule has 0 spiro atoms. The van der Waals surface area contributed by atoms with E-state index in [1.165, 1.54) is 11.0 Å². The Morgan fingerprint density at radius 3 is 2.43 bits per heavy atom. The highest BCUT2D eigenvalue weighted by Gasteiger charge is 2.35. The Morgan fingerprint density at radius 2 is 1.70 bits per heavy atom. The fourth-order valence-corrected chi connectivity index (χ4v) is 4.50. The first kappa shape index (κ1) is 20.2. The molecule has 0 unspecified atom stereocenters. The minimum atomic E-state index is -0.315. The summed E-state index contributed by atoms with van der Waals surface area (Å²) in [5.74, 6) is -0.617. The molecule has 4 nitrogen and oxygen atoms in total. The molecular weight excluding hydrogens is 399 g/mol. The molecule has 1 aliphatic heterocycles. The molecule has 30 heavy (non-hydrogen) atoms. The second kappa shape index (κ2) is 7.95. The predicted molar refractivity (Wildman–Crippen MR) is 118 cm³/mol. The molecule has 2 heterocycles. The number of imide groups is 1. The van der Waals surface area contributed by atoms with Crippen LogP contribution >= 0.6 is 11.8 Å². The van der Waals surface area contributed by atoms with Gasteiger partial charge < -0.3 is 4.57 Å². The summed E-state index contributed by atoms with van der Waals surface area (Å²) >= 11 is 0.940. The molecule has 4 rings (SSSR count). The third kappa shape index (κ3) is 3.59. The Kier molecular flexibility index (Phi) is 5.35. The van der Waals surface area contributed by atoms with Gasteiger partial charge in [0.15, 0.2) is 0 Å². The molecule has 6 heteroatoms. The molecule has 1 saturated heterocycles. The molecular formula is C24H21FN2O2S. The van der Waals surface area contributed by atoms with Gasteiger partial charge in [-0.1, -0.05) is 36.4 Å². The fourth-order valence-electron chi connectivity index (χ4n) is 3.67. The molecule has 0 atom stereocenters. The molecule has 0 bridgehead atoms. The van der Waals surface area contributed by atoms with Gasteiger partial charge in [-0.2, -0.15) is 0 Å². The van der Waals surface area contributed by atoms with Gasteiger partial charge in [-0.25, -0.2) is 4.39 Å². The van der Waals surface area contributed by atoms with Crippen LogP contribution in [0.25, 0.3) is 11.8 Å².